The number of methoxy groups -OCH3 is 2. The number of nitrogens with zero attached hydrogens (tertiary/aromatic N) is 2. The highest BCUT2D eigenvalue weighted by Crippen LogP contribution is 2.34. The molecule has 0 aliphatic rings. The van der Waals surface area contributed by atoms with Crippen molar-refractivity contribution in [3.8, 4) is 34.0 Å². The van der Waals surface area contributed by atoms with E-state index >= 15 is 0 Å². The largest absolute Gasteiger partial charge is 0.497 e. The molecule has 0 aliphatic heterocycles. The molecule has 152 valence electrons. The van der Waals surface area contributed by atoms with Gasteiger partial charge in [-0.15, -0.1) is 0 Å². The molecular weight excluding hydrogens is 372 g/mol. The van der Waals surface area contributed by atoms with Crippen LogP contribution in [0.3, 0.4) is 0 Å². The minimum absolute atomic E-state index is 0.698. The van der Waals surface area contributed by atoms with Crippen LogP contribution in [0.15, 0.2) is 72.8 Å². The topological polar surface area (TPSA) is 36.3 Å². The lowest BCUT2D eigenvalue weighted by atomic mass is 10.0. The number of rotatable bonds is 6. The zero-order chi connectivity index (χ0) is 21.1. The first-order valence-electron chi connectivity index (χ1n) is 10.0. The molecule has 0 saturated carbocycles. The molecule has 0 fully saturated rings. The summed E-state index contributed by atoms with van der Waals surface area (Å²) in [6.07, 6.45) is 0. The van der Waals surface area contributed by atoms with E-state index in [1.807, 2.05) is 30.3 Å². The van der Waals surface area contributed by atoms with Crippen molar-refractivity contribution in [2.75, 3.05) is 14.2 Å². The van der Waals surface area contributed by atoms with E-state index in [0.717, 1.165) is 39.6 Å². The van der Waals surface area contributed by atoms with Crippen molar-refractivity contribution in [2.45, 2.75) is 20.4 Å². The number of benzene rings is 3. The van der Waals surface area contributed by atoms with E-state index in [1.54, 1.807) is 14.2 Å². The third kappa shape index (κ3) is 3.81. The zero-order valence-electron chi connectivity index (χ0n) is 17.8. The highest BCUT2D eigenvalue weighted by atomic mass is 16.5. The van der Waals surface area contributed by atoms with E-state index in [2.05, 4.69) is 61.0 Å². The molecule has 30 heavy (non-hydrogen) atoms. The normalized spacial score (nSPS) is 10.8. The molecule has 0 N–H and O–H groups in total. The maximum Gasteiger partial charge on any atom is 0.119 e. The summed E-state index contributed by atoms with van der Waals surface area (Å²) in [6.45, 7) is 4.97. The van der Waals surface area contributed by atoms with Crippen molar-refractivity contribution < 1.29 is 9.47 Å². The van der Waals surface area contributed by atoms with Gasteiger partial charge in [0.2, 0.25) is 0 Å². The fourth-order valence-corrected chi connectivity index (χ4v) is 3.80. The van der Waals surface area contributed by atoms with E-state index in [9.17, 15) is 0 Å². The van der Waals surface area contributed by atoms with Gasteiger partial charge in [0.1, 0.15) is 11.5 Å². The molecule has 4 nitrogen and oxygen atoms in total. The van der Waals surface area contributed by atoms with E-state index in [0.29, 0.717) is 6.54 Å². The summed E-state index contributed by atoms with van der Waals surface area (Å²) < 4.78 is 13.0. The van der Waals surface area contributed by atoms with Crippen molar-refractivity contribution in [1.29, 1.82) is 0 Å². The minimum atomic E-state index is 0.698. The second-order valence-corrected chi connectivity index (χ2v) is 7.37. The maximum atomic E-state index is 5.47. The van der Waals surface area contributed by atoms with Crippen molar-refractivity contribution in [3.63, 3.8) is 0 Å². The Bertz CT molecular complexity index is 1180. The second kappa shape index (κ2) is 8.46. The smallest absolute Gasteiger partial charge is 0.119 e. The molecule has 3 aromatic carbocycles. The summed E-state index contributed by atoms with van der Waals surface area (Å²) in [5.41, 5.74) is 7.81. The first kappa shape index (κ1) is 19.8. The van der Waals surface area contributed by atoms with Crippen molar-refractivity contribution in [2.24, 2.45) is 0 Å². The van der Waals surface area contributed by atoms with Crippen LogP contribution in [-0.2, 0) is 6.54 Å². The van der Waals surface area contributed by atoms with E-state index < -0.39 is 0 Å². The van der Waals surface area contributed by atoms with Crippen molar-refractivity contribution in [1.82, 2.24) is 9.78 Å². The third-order valence-corrected chi connectivity index (χ3v) is 5.46. The Morgan fingerprint density at radius 1 is 0.767 bits per heavy atom. The summed E-state index contributed by atoms with van der Waals surface area (Å²) in [5.74, 6) is 1.65. The summed E-state index contributed by atoms with van der Waals surface area (Å²) >= 11 is 0. The Morgan fingerprint density at radius 3 is 2.07 bits per heavy atom. The molecule has 0 amide bonds. The Balaban J connectivity index is 1.89. The van der Waals surface area contributed by atoms with Gasteiger partial charge in [-0.2, -0.15) is 5.10 Å². The summed E-state index contributed by atoms with van der Waals surface area (Å²) in [4.78, 5) is 0. The SMILES string of the molecule is COc1cccc(-c2nn(Cc3ccccc3C)c(-c3cccc(OC)c3)c2C)c1. The first-order chi connectivity index (χ1) is 14.6. The molecule has 0 spiro atoms. The lowest BCUT2D eigenvalue weighted by molar-refractivity contribution is 0.415. The van der Waals surface area contributed by atoms with Gasteiger partial charge < -0.3 is 9.47 Å². The van der Waals surface area contributed by atoms with Crippen LogP contribution < -0.4 is 9.47 Å². The number of hydrogen-bond acceptors (Lipinski definition) is 3. The van der Waals surface area contributed by atoms with Gasteiger partial charge in [0, 0.05) is 16.7 Å². The van der Waals surface area contributed by atoms with Gasteiger partial charge in [-0.1, -0.05) is 48.5 Å². The van der Waals surface area contributed by atoms with E-state index in [4.69, 9.17) is 14.6 Å². The predicted molar refractivity (Wildman–Crippen MR) is 121 cm³/mol. The fraction of sp³-hybridized carbons (Fsp3) is 0.192. The van der Waals surface area contributed by atoms with Gasteiger partial charge in [-0.3, -0.25) is 4.68 Å². The molecule has 0 saturated heterocycles. The van der Waals surface area contributed by atoms with Gasteiger partial charge in [-0.05, 0) is 49.2 Å². The molecule has 0 bridgehead atoms. The molecule has 0 radical (unpaired) electrons. The summed E-state index contributed by atoms with van der Waals surface area (Å²) in [6, 6.07) is 24.6. The van der Waals surface area contributed by atoms with Crippen LogP contribution in [0.1, 0.15) is 16.7 Å². The van der Waals surface area contributed by atoms with Crippen molar-refractivity contribution >= 4 is 0 Å². The average molecular weight is 399 g/mol. The Labute approximate surface area is 177 Å². The van der Waals surface area contributed by atoms with Crippen LogP contribution >= 0.6 is 0 Å². The molecule has 4 aromatic rings. The number of aryl methyl sites for hydroxylation is 1. The zero-order valence-corrected chi connectivity index (χ0v) is 17.8. The summed E-state index contributed by atoms with van der Waals surface area (Å²) in [5, 5.41) is 5.04. The molecular formula is C26H26N2O2. The van der Waals surface area contributed by atoms with E-state index in [-0.39, 0.29) is 0 Å². The first-order valence-corrected chi connectivity index (χ1v) is 10.0. The van der Waals surface area contributed by atoms with Gasteiger partial charge in [0.15, 0.2) is 0 Å². The quantitative estimate of drug-likeness (QED) is 0.406. The van der Waals surface area contributed by atoms with E-state index in [1.165, 1.54) is 11.1 Å². The Kier molecular flexibility index (Phi) is 5.57. The van der Waals surface area contributed by atoms with Gasteiger partial charge in [-0.25, -0.2) is 0 Å². The van der Waals surface area contributed by atoms with Crippen LogP contribution in [0.25, 0.3) is 22.5 Å². The standard InChI is InChI=1S/C26H26N2O2/c1-18-9-5-6-10-22(18)17-28-26(21-12-8-14-24(16-21)30-4)19(2)25(27-28)20-11-7-13-23(15-20)29-3/h5-16H,17H2,1-4H3. The second-order valence-electron chi connectivity index (χ2n) is 7.37. The fourth-order valence-electron chi connectivity index (χ4n) is 3.80. The Morgan fingerprint density at radius 2 is 1.40 bits per heavy atom. The molecule has 0 aliphatic carbocycles. The highest BCUT2D eigenvalue weighted by molar-refractivity contribution is 5.75. The number of hydrogen-bond donors (Lipinski definition) is 0. The molecule has 1 heterocycles. The summed E-state index contributed by atoms with van der Waals surface area (Å²) in [7, 11) is 3.38. The lowest BCUT2D eigenvalue weighted by Gasteiger charge is -2.11. The average Bonchev–Trinajstić information content (AvgIpc) is 3.11. The maximum absolute atomic E-state index is 5.47. The van der Waals surface area contributed by atoms with Crippen LogP contribution in [0.5, 0.6) is 11.5 Å². The number of aromatic nitrogens is 2. The van der Waals surface area contributed by atoms with Crippen LogP contribution in [0, 0.1) is 13.8 Å². The number of ether oxygens (including phenoxy) is 2. The molecule has 1 aromatic heterocycles. The lowest BCUT2D eigenvalue weighted by Crippen LogP contribution is -2.05. The minimum Gasteiger partial charge on any atom is -0.497 e. The van der Waals surface area contributed by atoms with Gasteiger partial charge in [0.25, 0.3) is 0 Å². The monoisotopic (exact) mass is 398 g/mol. The Hall–Kier alpha value is -3.53. The predicted octanol–water partition coefficient (Wildman–Crippen LogP) is 5.90. The van der Waals surface area contributed by atoms with Crippen LogP contribution in [0.4, 0.5) is 0 Å². The van der Waals surface area contributed by atoms with Gasteiger partial charge in [0.05, 0.1) is 32.2 Å². The van der Waals surface area contributed by atoms with Crippen LogP contribution in [-0.4, -0.2) is 24.0 Å². The van der Waals surface area contributed by atoms with Crippen LogP contribution in [0.2, 0.25) is 0 Å². The van der Waals surface area contributed by atoms with Gasteiger partial charge >= 0.3 is 0 Å². The molecule has 4 rings (SSSR count). The molecule has 0 unspecified atom stereocenters. The highest BCUT2D eigenvalue weighted by Gasteiger charge is 2.19. The molecule has 0 atom stereocenters. The third-order valence-electron chi connectivity index (χ3n) is 5.46. The van der Waals surface area contributed by atoms with Crippen molar-refractivity contribution in [3.05, 3.63) is 89.5 Å². The molecule has 4 heteroatoms.